The first kappa shape index (κ1) is 15.5. The Morgan fingerprint density at radius 1 is 1.23 bits per heavy atom. The number of halogens is 1. The van der Waals surface area contributed by atoms with Gasteiger partial charge in [-0.1, -0.05) is 29.8 Å². The zero-order valence-electron chi connectivity index (χ0n) is 12.9. The number of likely N-dealkylation sites (tertiary alicyclic amines) is 1. The van der Waals surface area contributed by atoms with Crippen LogP contribution >= 0.6 is 11.6 Å². The summed E-state index contributed by atoms with van der Waals surface area (Å²) in [4.78, 5) is 2.40. The van der Waals surface area contributed by atoms with Gasteiger partial charge in [0.2, 0.25) is 0 Å². The highest BCUT2D eigenvalue weighted by Crippen LogP contribution is 2.26. The van der Waals surface area contributed by atoms with Gasteiger partial charge in [-0.3, -0.25) is 4.90 Å². The first-order valence-corrected chi connectivity index (χ1v) is 8.19. The largest absolute Gasteiger partial charge is 0.396 e. The molecular weight excluding hydrogens is 298 g/mol. The van der Waals surface area contributed by atoms with E-state index in [1.165, 1.54) is 0 Å². The van der Waals surface area contributed by atoms with E-state index >= 15 is 0 Å². The fraction of sp³-hybridized carbons (Fsp3) is 0.471. The van der Waals surface area contributed by atoms with E-state index in [0.717, 1.165) is 49.4 Å². The summed E-state index contributed by atoms with van der Waals surface area (Å²) in [5.41, 5.74) is 3.08. The molecule has 2 heterocycles. The van der Waals surface area contributed by atoms with E-state index < -0.39 is 0 Å². The second kappa shape index (κ2) is 6.82. The van der Waals surface area contributed by atoms with Gasteiger partial charge >= 0.3 is 0 Å². The first-order valence-electron chi connectivity index (χ1n) is 7.81. The van der Waals surface area contributed by atoms with Crippen LogP contribution in [0, 0.1) is 12.8 Å². The molecule has 0 atom stereocenters. The van der Waals surface area contributed by atoms with Gasteiger partial charge in [0.05, 0.1) is 11.4 Å². The van der Waals surface area contributed by atoms with Gasteiger partial charge in [0, 0.05) is 18.7 Å². The maximum Gasteiger partial charge on any atom is 0.137 e. The van der Waals surface area contributed by atoms with Crippen molar-refractivity contribution in [2.45, 2.75) is 26.3 Å². The molecule has 22 heavy (non-hydrogen) atoms. The van der Waals surface area contributed by atoms with Crippen LogP contribution in [-0.4, -0.2) is 39.5 Å². The minimum atomic E-state index is 0.305. The number of hydrogen-bond acceptors (Lipinski definition) is 3. The summed E-state index contributed by atoms with van der Waals surface area (Å²) in [6, 6.07) is 9.98. The van der Waals surface area contributed by atoms with Crippen LogP contribution in [0.15, 0.2) is 30.3 Å². The Morgan fingerprint density at radius 3 is 2.55 bits per heavy atom. The molecule has 1 saturated heterocycles. The summed E-state index contributed by atoms with van der Waals surface area (Å²) < 4.78 is 1.81. The minimum absolute atomic E-state index is 0.305. The van der Waals surface area contributed by atoms with E-state index in [2.05, 4.69) is 10.00 Å². The Bertz CT molecular complexity index is 618. The van der Waals surface area contributed by atoms with Gasteiger partial charge in [-0.05, 0) is 50.9 Å². The van der Waals surface area contributed by atoms with Crippen molar-refractivity contribution in [3.8, 4) is 5.69 Å². The number of aliphatic hydroxyl groups is 1. The Kier molecular flexibility index (Phi) is 4.81. The molecule has 118 valence electrons. The zero-order chi connectivity index (χ0) is 15.5. The molecule has 1 aliphatic heterocycles. The molecule has 0 spiro atoms. The predicted octanol–water partition coefficient (Wildman–Crippen LogP) is 3.04. The van der Waals surface area contributed by atoms with E-state index in [9.17, 15) is 5.11 Å². The van der Waals surface area contributed by atoms with Gasteiger partial charge < -0.3 is 5.11 Å². The summed E-state index contributed by atoms with van der Waals surface area (Å²) in [5.74, 6) is 0.458. The van der Waals surface area contributed by atoms with Crippen LogP contribution in [-0.2, 0) is 6.54 Å². The average Bonchev–Trinajstić information content (AvgIpc) is 2.84. The molecule has 5 heteroatoms. The van der Waals surface area contributed by atoms with E-state index in [0.29, 0.717) is 17.7 Å². The van der Waals surface area contributed by atoms with Gasteiger partial charge in [-0.15, -0.1) is 0 Å². The van der Waals surface area contributed by atoms with Crippen molar-refractivity contribution < 1.29 is 5.11 Å². The molecule has 3 rings (SSSR count). The van der Waals surface area contributed by atoms with Crippen LogP contribution in [0.5, 0.6) is 0 Å². The number of benzene rings is 1. The van der Waals surface area contributed by atoms with Crippen LogP contribution in [0.4, 0.5) is 0 Å². The molecule has 1 aromatic heterocycles. The number of hydrogen-bond donors (Lipinski definition) is 1. The highest BCUT2D eigenvalue weighted by atomic mass is 35.5. The Morgan fingerprint density at radius 2 is 1.91 bits per heavy atom. The summed E-state index contributed by atoms with van der Waals surface area (Å²) in [5, 5.41) is 14.5. The highest BCUT2D eigenvalue weighted by molar-refractivity contribution is 6.30. The molecule has 0 amide bonds. The Balaban J connectivity index is 1.76. The predicted molar refractivity (Wildman–Crippen MR) is 88.4 cm³/mol. The van der Waals surface area contributed by atoms with Crippen LogP contribution in [0.3, 0.4) is 0 Å². The third kappa shape index (κ3) is 3.19. The van der Waals surface area contributed by atoms with Crippen molar-refractivity contribution in [3.05, 3.63) is 46.7 Å². The molecule has 1 N–H and O–H groups in total. The number of piperidine rings is 1. The van der Waals surface area contributed by atoms with Gasteiger partial charge in [-0.2, -0.15) is 5.10 Å². The summed E-state index contributed by atoms with van der Waals surface area (Å²) in [6.07, 6.45) is 2.11. The van der Waals surface area contributed by atoms with Crippen molar-refractivity contribution in [2.75, 3.05) is 19.7 Å². The molecule has 0 aliphatic carbocycles. The fourth-order valence-electron chi connectivity index (χ4n) is 3.00. The van der Waals surface area contributed by atoms with Crippen molar-refractivity contribution in [2.24, 2.45) is 5.92 Å². The monoisotopic (exact) mass is 319 g/mol. The highest BCUT2D eigenvalue weighted by Gasteiger charge is 2.22. The molecule has 1 aromatic carbocycles. The molecular formula is C17H22ClN3O. The number of rotatable bonds is 4. The van der Waals surface area contributed by atoms with E-state index in [1.54, 1.807) is 0 Å². The second-order valence-corrected chi connectivity index (χ2v) is 6.36. The second-order valence-electron chi connectivity index (χ2n) is 6.00. The molecule has 2 aromatic rings. The Hall–Kier alpha value is -1.36. The third-order valence-electron chi connectivity index (χ3n) is 4.47. The van der Waals surface area contributed by atoms with Gasteiger partial charge in [-0.25, -0.2) is 4.68 Å². The standard InChI is InChI=1S/C17H22ClN3O/c1-13-16(11-20-9-7-14(12-22)8-10-20)17(18)21(19-13)15-5-3-2-4-6-15/h2-6,14,22H,7-12H2,1H3. The SMILES string of the molecule is Cc1nn(-c2ccccc2)c(Cl)c1CN1CCC(CO)CC1. The van der Waals surface area contributed by atoms with E-state index in [4.69, 9.17) is 11.6 Å². The molecule has 4 nitrogen and oxygen atoms in total. The van der Waals surface area contributed by atoms with Crippen LogP contribution < -0.4 is 0 Å². The lowest BCUT2D eigenvalue weighted by Crippen LogP contribution is -2.34. The Labute approximate surface area is 136 Å². The number of para-hydroxylation sites is 1. The van der Waals surface area contributed by atoms with Gasteiger partial charge in [0.15, 0.2) is 0 Å². The maximum atomic E-state index is 9.23. The molecule has 1 aliphatic rings. The maximum absolute atomic E-state index is 9.23. The molecule has 0 radical (unpaired) electrons. The van der Waals surface area contributed by atoms with Gasteiger partial charge in [0.25, 0.3) is 0 Å². The molecule has 0 unspecified atom stereocenters. The average molecular weight is 320 g/mol. The van der Waals surface area contributed by atoms with Crippen molar-refractivity contribution in [1.82, 2.24) is 14.7 Å². The smallest absolute Gasteiger partial charge is 0.137 e. The number of aliphatic hydroxyl groups excluding tert-OH is 1. The van der Waals surface area contributed by atoms with Crippen LogP contribution in [0.25, 0.3) is 5.69 Å². The molecule has 0 saturated carbocycles. The first-order chi connectivity index (χ1) is 10.7. The summed E-state index contributed by atoms with van der Waals surface area (Å²) >= 11 is 6.57. The van der Waals surface area contributed by atoms with Crippen LogP contribution in [0.2, 0.25) is 5.15 Å². The normalized spacial score (nSPS) is 17.0. The zero-order valence-corrected chi connectivity index (χ0v) is 13.6. The lowest BCUT2D eigenvalue weighted by atomic mass is 9.97. The van der Waals surface area contributed by atoms with Crippen molar-refractivity contribution >= 4 is 11.6 Å². The fourth-order valence-corrected chi connectivity index (χ4v) is 3.33. The summed E-state index contributed by atoms with van der Waals surface area (Å²) in [7, 11) is 0. The van der Waals surface area contributed by atoms with E-state index in [1.807, 2.05) is 41.9 Å². The van der Waals surface area contributed by atoms with Crippen molar-refractivity contribution in [3.63, 3.8) is 0 Å². The lowest BCUT2D eigenvalue weighted by Gasteiger charge is -2.30. The van der Waals surface area contributed by atoms with Crippen LogP contribution in [0.1, 0.15) is 24.1 Å². The van der Waals surface area contributed by atoms with E-state index in [-0.39, 0.29) is 0 Å². The van der Waals surface area contributed by atoms with Crippen molar-refractivity contribution in [1.29, 1.82) is 0 Å². The lowest BCUT2D eigenvalue weighted by molar-refractivity contribution is 0.127. The molecule has 0 bridgehead atoms. The number of aromatic nitrogens is 2. The molecule has 1 fully saturated rings. The summed E-state index contributed by atoms with van der Waals surface area (Å²) in [6.45, 7) is 5.17. The topological polar surface area (TPSA) is 41.3 Å². The number of aryl methyl sites for hydroxylation is 1. The quantitative estimate of drug-likeness (QED) is 0.941. The van der Waals surface area contributed by atoms with Gasteiger partial charge in [0.1, 0.15) is 5.15 Å². The number of nitrogens with zero attached hydrogens (tertiary/aromatic N) is 3. The minimum Gasteiger partial charge on any atom is -0.396 e. The third-order valence-corrected chi connectivity index (χ3v) is 4.86.